The number of amides is 1. The van der Waals surface area contributed by atoms with Gasteiger partial charge in [-0.05, 0) is 20.8 Å². The van der Waals surface area contributed by atoms with Crippen molar-refractivity contribution in [1.82, 2.24) is 5.06 Å². The highest BCUT2D eigenvalue weighted by molar-refractivity contribution is 5.66. The summed E-state index contributed by atoms with van der Waals surface area (Å²) in [4.78, 5) is 15.9. The van der Waals surface area contributed by atoms with Gasteiger partial charge in [0.05, 0.1) is 13.2 Å². The highest BCUT2D eigenvalue weighted by Gasteiger charge is 2.11. The molecule has 66 valence electrons. The topological polar surface area (TPSA) is 38.8 Å². The van der Waals surface area contributed by atoms with Gasteiger partial charge in [0.15, 0.2) is 0 Å². The molecule has 0 spiro atoms. The van der Waals surface area contributed by atoms with Crippen molar-refractivity contribution in [1.29, 1.82) is 0 Å². The second-order valence-electron chi connectivity index (χ2n) is 1.81. The Labute approximate surface area is 67.0 Å². The van der Waals surface area contributed by atoms with Crippen LogP contribution in [-0.4, -0.2) is 30.9 Å². The third-order valence-corrected chi connectivity index (χ3v) is 1.04. The van der Waals surface area contributed by atoms with E-state index in [2.05, 4.69) is 0 Å². The smallest absolute Gasteiger partial charge is 0.433 e. The molecule has 1 amide bonds. The van der Waals surface area contributed by atoms with Crippen LogP contribution >= 0.6 is 0 Å². The number of rotatable bonds is 4. The third-order valence-electron chi connectivity index (χ3n) is 1.04. The lowest BCUT2D eigenvalue weighted by molar-refractivity contribution is -0.128. The van der Waals surface area contributed by atoms with E-state index >= 15 is 0 Å². The summed E-state index contributed by atoms with van der Waals surface area (Å²) in [7, 11) is 0. The number of carbonyl (C=O) groups is 1. The van der Waals surface area contributed by atoms with Crippen LogP contribution in [0.3, 0.4) is 0 Å². The first-order valence-corrected chi connectivity index (χ1v) is 3.83. The molecule has 0 aromatic rings. The maximum atomic E-state index is 10.9. The predicted octanol–water partition coefficient (Wildman–Crippen LogP) is 1.42. The number of hydrogen-bond acceptors (Lipinski definition) is 3. The van der Waals surface area contributed by atoms with Crippen LogP contribution in [0.1, 0.15) is 20.8 Å². The lowest BCUT2D eigenvalue weighted by Crippen LogP contribution is -2.31. The zero-order valence-corrected chi connectivity index (χ0v) is 7.29. The van der Waals surface area contributed by atoms with Crippen LogP contribution in [0.2, 0.25) is 0 Å². The fourth-order valence-corrected chi connectivity index (χ4v) is 0.624. The maximum absolute atomic E-state index is 10.9. The first kappa shape index (κ1) is 10.2. The van der Waals surface area contributed by atoms with E-state index < -0.39 is 6.09 Å². The molecule has 4 heteroatoms. The number of ether oxygens (including phenoxy) is 1. The molecule has 11 heavy (non-hydrogen) atoms. The van der Waals surface area contributed by atoms with Crippen molar-refractivity contribution in [2.75, 3.05) is 19.8 Å². The Balaban J connectivity index is 3.71. The van der Waals surface area contributed by atoms with Crippen molar-refractivity contribution in [2.45, 2.75) is 20.8 Å². The van der Waals surface area contributed by atoms with Crippen LogP contribution in [0.15, 0.2) is 0 Å². The molecular formula is C7H15NO3. The molecular weight excluding hydrogens is 146 g/mol. The molecule has 4 nitrogen and oxygen atoms in total. The van der Waals surface area contributed by atoms with Crippen molar-refractivity contribution in [3.8, 4) is 0 Å². The van der Waals surface area contributed by atoms with E-state index in [4.69, 9.17) is 9.57 Å². The Kier molecular flexibility index (Phi) is 5.56. The molecule has 0 rings (SSSR count). The van der Waals surface area contributed by atoms with Gasteiger partial charge < -0.3 is 4.74 Å². The van der Waals surface area contributed by atoms with E-state index in [1.54, 1.807) is 6.92 Å². The number of carbonyl (C=O) groups excluding carboxylic acids is 1. The normalized spacial score (nSPS) is 9.36. The van der Waals surface area contributed by atoms with Crippen molar-refractivity contribution in [3.05, 3.63) is 0 Å². The molecule has 0 unspecified atom stereocenters. The van der Waals surface area contributed by atoms with Gasteiger partial charge in [0.25, 0.3) is 0 Å². The van der Waals surface area contributed by atoms with Crippen LogP contribution in [0.25, 0.3) is 0 Å². The lowest BCUT2D eigenvalue weighted by atomic mass is 10.7. The Bertz CT molecular complexity index is 116. The molecule has 0 heterocycles. The number of nitrogens with zero attached hydrogens (tertiary/aromatic N) is 1. The molecule has 0 aromatic carbocycles. The van der Waals surface area contributed by atoms with Crippen LogP contribution in [0.4, 0.5) is 4.79 Å². The summed E-state index contributed by atoms with van der Waals surface area (Å²) in [6, 6.07) is 0. The molecule has 0 fully saturated rings. The summed E-state index contributed by atoms with van der Waals surface area (Å²) < 4.78 is 4.71. The average molecular weight is 161 g/mol. The quantitative estimate of drug-likeness (QED) is 0.585. The first-order valence-electron chi connectivity index (χ1n) is 3.83. The third kappa shape index (κ3) is 3.83. The number of hydroxylamine groups is 2. The molecule has 0 saturated carbocycles. The van der Waals surface area contributed by atoms with E-state index in [9.17, 15) is 4.79 Å². The molecule has 0 radical (unpaired) electrons. The van der Waals surface area contributed by atoms with E-state index in [0.717, 1.165) is 0 Å². The van der Waals surface area contributed by atoms with Crippen LogP contribution in [-0.2, 0) is 9.57 Å². The van der Waals surface area contributed by atoms with Gasteiger partial charge in [0.1, 0.15) is 0 Å². The first-order chi connectivity index (χ1) is 5.26. The minimum Gasteiger partial charge on any atom is -0.448 e. The van der Waals surface area contributed by atoms with Crippen LogP contribution in [0, 0.1) is 0 Å². The largest absolute Gasteiger partial charge is 0.448 e. The lowest BCUT2D eigenvalue weighted by Gasteiger charge is -2.17. The van der Waals surface area contributed by atoms with Gasteiger partial charge in [0, 0.05) is 6.54 Å². The maximum Gasteiger partial charge on any atom is 0.433 e. The second kappa shape index (κ2) is 5.97. The van der Waals surface area contributed by atoms with E-state index in [0.29, 0.717) is 19.8 Å². The molecule has 0 bridgehead atoms. The summed E-state index contributed by atoms with van der Waals surface area (Å²) >= 11 is 0. The minimum absolute atomic E-state index is 0.377. The number of hydrogen-bond donors (Lipinski definition) is 0. The van der Waals surface area contributed by atoms with Gasteiger partial charge in [-0.1, -0.05) is 0 Å². The summed E-state index contributed by atoms with van der Waals surface area (Å²) in [6.45, 7) is 6.77. The standard InChI is InChI=1S/C7H15NO3/c1-4-8(11-6-3)7(9)10-5-2/h4-6H2,1-3H3. The summed E-state index contributed by atoms with van der Waals surface area (Å²) in [5, 5.41) is 1.20. The van der Waals surface area contributed by atoms with Gasteiger partial charge in [-0.3, -0.25) is 4.84 Å². The fourth-order valence-electron chi connectivity index (χ4n) is 0.624. The van der Waals surface area contributed by atoms with Gasteiger partial charge >= 0.3 is 6.09 Å². The molecule has 0 N–H and O–H groups in total. The van der Waals surface area contributed by atoms with Crippen molar-refractivity contribution in [3.63, 3.8) is 0 Å². The Morgan fingerprint density at radius 1 is 1.27 bits per heavy atom. The zero-order valence-electron chi connectivity index (χ0n) is 7.29. The SMILES string of the molecule is CCOC(=O)N(CC)OCC. The van der Waals surface area contributed by atoms with Gasteiger partial charge in [-0.25, -0.2) is 4.79 Å². The summed E-state index contributed by atoms with van der Waals surface area (Å²) in [6.07, 6.45) is -0.420. The monoisotopic (exact) mass is 161 g/mol. The fraction of sp³-hybridized carbons (Fsp3) is 0.857. The Morgan fingerprint density at radius 2 is 1.91 bits per heavy atom. The second-order valence-corrected chi connectivity index (χ2v) is 1.81. The van der Waals surface area contributed by atoms with E-state index in [1.165, 1.54) is 5.06 Å². The van der Waals surface area contributed by atoms with Gasteiger partial charge in [0.2, 0.25) is 0 Å². The van der Waals surface area contributed by atoms with Gasteiger partial charge in [-0.15, -0.1) is 0 Å². The van der Waals surface area contributed by atoms with E-state index in [-0.39, 0.29) is 0 Å². The molecule has 0 aliphatic rings. The molecule has 0 atom stereocenters. The molecule has 0 aliphatic heterocycles. The zero-order chi connectivity index (χ0) is 8.69. The minimum atomic E-state index is -0.420. The molecule has 0 saturated heterocycles. The van der Waals surface area contributed by atoms with Crippen LogP contribution in [0.5, 0.6) is 0 Å². The molecule has 0 aliphatic carbocycles. The highest BCUT2D eigenvalue weighted by Crippen LogP contribution is 1.94. The highest BCUT2D eigenvalue weighted by atomic mass is 16.7. The van der Waals surface area contributed by atoms with Crippen molar-refractivity contribution in [2.24, 2.45) is 0 Å². The summed E-state index contributed by atoms with van der Waals surface area (Å²) in [5.74, 6) is 0. The predicted molar refractivity (Wildman–Crippen MR) is 41.0 cm³/mol. The van der Waals surface area contributed by atoms with Crippen molar-refractivity contribution >= 4 is 6.09 Å². The Morgan fingerprint density at radius 3 is 2.27 bits per heavy atom. The Hall–Kier alpha value is -0.770. The van der Waals surface area contributed by atoms with E-state index in [1.807, 2.05) is 13.8 Å². The van der Waals surface area contributed by atoms with Gasteiger partial charge in [-0.2, -0.15) is 5.06 Å². The van der Waals surface area contributed by atoms with Crippen LogP contribution < -0.4 is 0 Å². The van der Waals surface area contributed by atoms with Crippen molar-refractivity contribution < 1.29 is 14.4 Å². The average Bonchev–Trinajstić information content (AvgIpc) is 2.00. The molecule has 0 aromatic heterocycles. The summed E-state index contributed by atoms with van der Waals surface area (Å²) in [5.41, 5.74) is 0.